The van der Waals surface area contributed by atoms with Gasteiger partial charge < -0.3 is 19.9 Å². The molecule has 2 amide bonds. The molecule has 148 valence electrons. The standard InChI is InChI=1S/C20H27N3O3.ClH/c1-13-12-22(9-8-21-13)20(25)17-11-18(24)23(15-6-7-15)19(17)14-4-3-5-16(10-14)26-2;/h3-5,10,13,15,17,19,21H,6-9,11-12H2,1-2H3;1H/t13-,17?,19?;/m1./s1. The Kier molecular flexibility index (Phi) is 5.96. The van der Waals surface area contributed by atoms with Gasteiger partial charge in [0.2, 0.25) is 11.8 Å². The minimum Gasteiger partial charge on any atom is -0.497 e. The second kappa shape index (κ2) is 8.07. The van der Waals surface area contributed by atoms with E-state index in [1.54, 1.807) is 7.11 Å². The lowest BCUT2D eigenvalue weighted by Gasteiger charge is -2.36. The minimum atomic E-state index is -0.305. The number of carbonyl (C=O) groups is 2. The molecule has 3 aliphatic rings. The Labute approximate surface area is 166 Å². The number of rotatable bonds is 4. The van der Waals surface area contributed by atoms with E-state index < -0.39 is 0 Å². The van der Waals surface area contributed by atoms with E-state index in [1.165, 1.54) is 0 Å². The summed E-state index contributed by atoms with van der Waals surface area (Å²) in [6, 6.07) is 8.23. The second-order valence-electron chi connectivity index (χ2n) is 7.70. The molecular weight excluding hydrogens is 366 g/mol. The molecule has 0 bridgehead atoms. The molecule has 6 nitrogen and oxygen atoms in total. The largest absolute Gasteiger partial charge is 0.497 e. The van der Waals surface area contributed by atoms with Crippen LogP contribution in [-0.2, 0) is 9.59 Å². The summed E-state index contributed by atoms with van der Waals surface area (Å²) in [5.74, 6) is 0.685. The second-order valence-corrected chi connectivity index (χ2v) is 7.70. The van der Waals surface area contributed by atoms with Crippen LogP contribution in [0.25, 0.3) is 0 Å². The predicted octanol–water partition coefficient (Wildman–Crippen LogP) is 1.99. The first-order chi connectivity index (χ1) is 12.6. The van der Waals surface area contributed by atoms with Crippen molar-refractivity contribution in [3.63, 3.8) is 0 Å². The van der Waals surface area contributed by atoms with Crippen molar-refractivity contribution in [3.05, 3.63) is 29.8 Å². The molecule has 27 heavy (non-hydrogen) atoms. The molecule has 0 spiro atoms. The van der Waals surface area contributed by atoms with Gasteiger partial charge in [-0.05, 0) is 37.5 Å². The molecule has 3 fully saturated rings. The number of nitrogens with one attached hydrogen (secondary N) is 1. The van der Waals surface area contributed by atoms with E-state index in [9.17, 15) is 9.59 Å². The molecule has 1 aromatic rings. The maximum atomic E-state index is 13.3. The Morgan fingerprint density at radius 2 is 2.07 bits per heavy atom. The number of ether oxygens (including phenoxy) is 1. The van der Waals surface area contributed by atoms with E-state index in [2.05, 4.69) is 12.2 Å². The third-order valence-corrected chi connectivity index (χ3v) is 5.74. The summed E-state index contributed by atoms with van der Waals surface area (Å²) in [6.45, 7) is 4.32. The van der Waals surface area contributed by atoms with Gasteiger partial charge in [-0.3, -0.25) is 9.59 Å². The number of likely N-dealkylation sites (tertiary alicyclic amines) is 1. The summed E-state index contributed by atoms with van der Waals surface area (Å²) < 4.78 is 5.37. The molecular formula is C20H28ClN3O3. The summed E-state index contributed by atoms with van der Waals surface area (Å²) in [6.07, 6.45) is 2.39. The fraction of sp³-hybridized carbons (Fsp3) is 0.600. The van der Waals surface area contributed by atoms with Crippen LogP contribution in [0.1, 0.15) is 37.8 Å². The van der Waals surface area contributed by atoms with Gasteiger partial charge >= 0.3 is 0 Å². The highest BCUT2D eigenvalue weighted by atomic mass is 35.5. The van der Waals surface area contributed by atoms with Crippen LogP contribution >= 0.6 is 12.4 Å². The van der Waals surface area contributed by atoms with Crippen LogP contribution in [0.4, 0.5) is 0 Å². The number of methoxy groups -OCH3 is 1. The highest BCUT2D eigenvalue weighted by Crippen LogP contribution is 2.46. The SMILES string of the molecule is COc1cccc(C2C(C(=O)N3CCN[C@H](C)C3)CC(=O)N2C2CC2)c1.Cl. The zero-order valence-corrected chi connectivity index (χ0v) is 16.7. The molecule has 7 heteroatoms. The van der Waals surface area contributed by atoms with Gasteiger partial charge in [-0.1, -0.05) is 12.1 Å². The van der Waals surface area contributed by atoms with Crippen molar-refractivity contribution in [2.45, 2.75) is 44.3 Å². The van der Waals surface area contributed by atoms with Crippen molar-refractivity contribution in [2.75, 3.05) is 26.7 Å². The predicted molar refractivity (Wildman–Crippen MR) is 105 cm³/mol. The third-order valence-electron chi connectivity index (χ3n) is 5.74. The van der Waals surface area contributed by atoms with E-state index in [1.807, 2.05) is 34.1 Å². The zero-order valence-electron chi connectivity index (χ0n) is 15.9. The fourth-order valence-corrected chi connectivity index (χ4v) is 4.35. The first-order valence-electron chi connectivity index (χ1n) is 9.55. The van der Waals surface area contributed by atoms with E-state index >= 15 is 0 Å². The topological polar surface area (TPSA) is 61.9 Å². The van der Waals surface area contributed by atoms with E-state index in [0.717, 1.165) is 30.7 Å². The Morgan fingerprint density at radius 1 is 1.30 bits per heavy atom. The van der Waals surface area contributed by atoms with Gasteiger partial charge in [0.15, 0.2) is 0 Å². The number of hydrogen-bond donors (Lipinski definition) is 1. The van der Waals surface area contributed by atoms with Gasteiger partial charge in [-0.2, -0.15) is 0 Å². The lowest BCUT2D eigenvalue weighted by Crippen LogP contribution is -2.53. The van der Waals surface area contributed by atoms with Crippen molar-refractivity contribution in [2.24, 2.45) is 5.92 Å². The van der Waals surface area contributed by atoms with Crippen LogP contribution in [0.15, 0.2) is 24.3 Å². The summed E-state index contributed by atoms with van der Waals surface area (Å²) in [4.78, 5) is 30.0. The van der Waals surface area contributed by atoms with Gasteiger partial charge in [0, 0.05) is 38.1 Å². The number of halogens is 1. The van der Waals surface area contributed by atoms with E-state index in [-0.39, 0.29) is 36.2 Å². The number of hydrogen-bond acceptors (Lipinski definition) is 4. The monoisotopic (exact) mass is 393 g/mol. The molecule has 2 heterocycles. The van der Waals surface area contributed by atoms with Crippen molar-refractivity contribution in [1.82, 2.24) is 15.1 Å². The Balaban J connectivity index is 0.00000210. The van der Waals surface area contributed by atoms with Crippen LogP contribution in [0.3, 0.4) is 0 Å². The first-order valence-corrected chi connectivity index (χ1v) is 9.55. The minimum absolute atomic E-state index is 0. The molecule has 1 N–H and O–H groups in total. The lowest BCUT2D eigenvalue weighted by molar-refractivity contribution is -0.137. The molecule has 1 saturated carbocycles. The van der Waals surface area contributed by atoms with Crippen LogP contribution in [0, 0.1) is 5.92 Å². The first kappa shape index (κ1) is 20.0. The van der Waals surface area contributed by atoms with E-state index in [4.69, 9.17) is 4.74 Å². The van der Waals surface area contributed by atoms with Gasteiger partial charge in [0.05, 0.1) is 19.1 Å². The van der Waals surface area contributed by atoms with Crippen molar-refractivity contribution in [1.29, 1.82) is 0 Å². The maximum Gasteiger partial charge on any atom is 0.228 e. The van der Waals surface area contributed by atoms with Crippen LogP contribution in [-0.4, -0.2) is 60.4 Å². The smallest absolute Gasteiger partial charge is 0.228 e. The Hall–Kier alpha value is -1.79. The van der Waals surface area contributed by atoms with Crippen LogP contribution in [0.2, 0.25) is 0 Å². The fourth-order valence-electron chi connectivity index (χ4n) is 4.35. The molecule has 0 radical (unpaired) electrons. The summed E-state index contributed by atoms with van der Waals surface area (Å²) in [5, 5.41) is 3.37. The van der Waals surface area contributed by atoms with Crippen molar-refractivity contribution >= 4 is 24.2 Å². The van der Waals surface area contributed by atoms with Crippen LogP contribution in [0.5, 0.6) is 5.75 Å². The third kappa shape index (κ3) is 3.92. The molecule has 3 atom stereocenters. The molecule has 1 aliphatic carbocycles. The quantitative estimate of drug-likeness (QED) is 0.849. The molecule has 2 saturated heterocycles. The molecule has 2 unspecified atom stereocenters. The summed E-state index contributed by atoms with van der Waals surface area (Å²) >= 11 is 0. The average molecular weight is 394 g/mol. The molecule has 2 aliphatic heterocycles. The molecule has 4 rings (SSSR count). The van der Waals surface area contributed by atoms with E-state index in [0.29, 0.717) is 31.6 Å². The number of nitrogens with zero attached hydrogens (tertiary/aromatic N) is 2. The highest BCUT2D eigenvalue weighted by Gasteiger charge is 2.50. The Bertz CT molecular complexity index is 709. The number of amides is 2. The average Bonchev–Trinajstić information content (AvgIpc) is 3.43. The zero-order chi connectivity index (χ0) is 18.3. The lowest BCUT2D eigenvalue weighted by atomic mass is 9.91. The summed E-state index contributed by atoms with van der Waals surface area (Å²) in [5.41, 5.74) is 1.00. The van der Waals surface area contributed by atoms with Crippen LogP contribution < -0.4 is 10.1 Å². The Morgan fingerprint density at radius 3 is 2.74 bits per heavy atom. The number of carbonyl (C=O) groups excluding carboxylic acids is 2. The maximum absolute atomic E-state index is 13.3. The van der Waals surface area contributed by atoms with Crippen molar-refractivity contribution in [3.8, 4) is 5.75 Å². The van der Waals surface area contributed by atoms with Gasteiger partial charge in [0.25, 0.3) is 0 Å². The van der Waals surface area contributed by atoms with Crippen molar-refractivity contribution < 1.29 is 14.3 Å². The molecule has 0 aromatic heterocycles. The number of benzene rings is 1. The van der Waals surface area contributed by atoms with Gasteiger partial charge in [-0.25, -0.2) is 0 Å². The highest BCUT2D eigenvalue weighted by molar-refractivity contribution is 5.91. The molecule has 1 aromatic carbocycles. The van der Waals surface area contributed by atoms with Gasteiger partial charge in [-0.15, -0.1) is 12.4 Å². The number of piperazine rings is 1. The van der Waals surface area contributed by atoms with Gasteiger partial charge in [0.1, 0.15) is 5.75 Å². The summed E-state index contributed by atoms with van der Waals surface area (Å²) in [7, 11) is 1.64. The normalized spacial score (nSPS) is 28.1.